The van der Waals surface area contributed by atoms with E-state index in [0.717, 1.165) is 19.4 Å². The maximum absolute atomic E-state index is 5.80. The van der Waals surface area contributed by atoms with Crippen LogP contribution in [0.5, 0.6) is 0 Å². The van der Waals surface area contributed by atoms with Crippen LogP contribution in [-0.4, -0.2) is 18.8 Å². The van der Waals surface area contributed by atoms with Crippen LogP contribution in [0.15, 0.2) is 0 Å². The molecule has 0 heterocycles. The molecule has 1 fully saturated rings. The minimum Gasteiger partial charge on any atom is -0.375 e. The fraction of sp³-hybridized carbons (Fsp3) is 1.00. The van der Waals surface area contributed by atoms with E-state index in [9.17, 15) is 0 Å². The minimum absolute atomic E-state index is 0.422. The summed E-state index contributed by atoms with van der Waals surface area (Å²) in [7, 11) is 0. The molecule has 1 saturated carbocycles. The van der Waals surface area contributed by atoms with Gasteiger partial charge in [-0.15, -0.1) is 0 Å². The summed E-state index contributed by atoms with van der Waals surface area (Å²) in [5.74, 6) is 0. The Bertz CT molecular complexity index is 102. The highest BCUT2D eigenvalue weighted by Gasteiger charge is 2.20. The van der Waals surface area contributed by atoms with Crippen molar-refractivity contribution in [2.75, 3.05) is 6.54 Å². The zero-order valence-electron chi connectivity index (χ0n) is 7.38. The van der Waals surface area contributed by atoms with Gasteiger partial charge in [0.15, 0.2) is 0 Å². The molecule has 2 heteroatoms. The first kappa shape index (κ1) is 9.01. The van der Waals surface area contributed by atoms with Crippen LogP contribution in [0.4, 0.5) is 0 Å². The molecule has 0 aliphatic heterocycles. The lowest BCUT2D eigenvalue weighted by Gasteiger charge is -2.30. The molecule has 0 aromatic rings. The summed E-state index contributed by atoms with van der Waals surface area (Å²) in [5, 5.41) is 0. The number of hydrogen-bond acceptors (Lipinski definition) is 2. The Morgan fingerprint density at radius 2 is 2.27 bits per heavy atom. The van der Waals surface area contributed by atoms with E-state index < -0.39 is 0 Å². The second-order valence-electron chi connectivity index (χ2n) is 3.30. The lowest BCUT2D eigenvalue weighted by molar-refractivity contribution is -0.0544. The second-order valence-corrected chi connectivity index (χ2v) is 3.30. The molecule has 66 valence electrons. The lowest BCUT2D eigenvalue weighted by atomic mass is 9.96. The van der Waals surface area contributed by atoms with E-state index in [0.29, 0.717) is 12.2 Å². The Labute approximate surface area is 69.1 Å². The first-order valence-electron chi connectivity index (χ1n) is 4.72. The average molecular weight is 157 g/mol. The van der Waals surface area contributed by atoms with Gasteiger partial charge in [-0.1, -0.05) is 6.92 Å². The van der Waals surface area contributed by atoms with Crippen molar-refractivity contribution in [3.05, 3.63) is 0 Å². The molecule has 0 amide bonds. The van der Waals surface area contributed by atoms with Crippen LogP contribution < -0.4 is 5.73 Å². The average Bonchev–Trinajstić information content (AvgIpc) is 1.94. The van der Waals surface area contributed by atoms with Crippen molar-refractivity contribution in [2.45, 2.75) is 51.2 Å². The Balaban J connectivity index is 2.08. The van der Waals surface area contributed by atoms with E-state index in [-0.39, 0.29) is 0 Å². The van der Waals surface area contributed by atoms with Crippen LogP contribution >= 0.6 is 0 Å². The van der Waals surface area contributed by atoms with Gasteiger partial charge < -0.3 is 10.5 Å². The highest BCUT2D eigenvalue weighted by Crippen LogP contribution is 2.24. The van der Waals surface area contributed by atoms with Gasteiger partial charge >= 0.3 is 0 Å². The predicted octanol–water partition coefficient (Wildman–Crippen LogP) is 1.68. The van der Waals surface area contributed by atoms with Crippen molar-refractivity contribution >= 4 is 0 Å². The monoisotopic (exact) mass is 157 g/mol. The molecular formula is C9H19NO. The van der Waals surface area contributed by atoms with Crippen molar-refractivity contribution in [3.63, 3.8) is 0 Å². The Hall–Kier alpha value is -0.0800. The quantitative estimate of drug-likeness (QED) is 0.659. The fourth-order valence-electron chi connectivity index (χ4n) is 1.33. The van der Waals surface area contributed by atoms with Crippen LogP contribution in [-0.2, 0) is 4.74 Å². The standard InChI is InChI=1S/C9H19NO/c1-2-8(6-7-10)11-9-4-3-5-9/h8-9H,2-7,10H2,1H3. The fourth-order valence-corrected chi connectivity index (χ4v) is 1.33. The first-order valence-corrected chi connectivity index (χ1v) is 4.72. The summed E-state index contributed by atoms with van der Waals surface area (Å²) < 4.78 is 5.80. The SMILES string of the molecule is CCC(CCN)OC1CCC1. The van der Waals surface area contributed by atoms with E-state index in [2.05, 4.69) is 6.92 Å². The number of ether oxygens (including phenoxy) is 1. The number of rotatable bonds is 5. The molecule has 1 atom stereocenters. The molecule has 1 unspecified atom stereocenters. The third kappa shape index (κ3) is 2.80. The van der Waals surface area contributed by atoms with Crippen LogP contribution in [0, 0.1) is 0 Å². The van der Waals surface area contributed by atoms with E-state index in [1.807, 2.05) is 0 Å². The van der Waals surface area contributed by atoms with E-state index in [1.54, 1.807) is 0 Å². The summed E-state index contributed by atoms with van der Waals surface area (Å²) in [6, 6.07) is 0. The normalized spacial score (nSPS) is 21.3. The molecule has 1 aliphatic carbocycles. The van der Waals surface area contributed by atoms with Gasteiger partial charge in [0.25, 0.3) is 0 Å². The van der Waals surface area contributed by atoms with Gasteiger partial charge in [0.1, 0.15) is 0 Å². The molecule has 2 N–H and O–H groups in total. The molecule has 0 aromatic heterocycles. The van der Waals surface area contributed by atoms with Crippen molar-refractivity contribution in [2.24, 2.45) is 5.73 Å². The molecule has 11 heavy (non-hydrogen) atoms. The topological polar surface area (TPSA) is 35.2 Å². The van der Waals surface area contributed by atoms with Gasteiger partial charge in [0.05, 0.1) is 12.2 Å². The number of nitrogens with two attached hydrogens (primary N) is 1. The van der Waals surface area contributed by atoms with E-state index in [1.165, 1.54) is 19.3 Å². The van der Waals surface area contributed by atoms with Crippen LogP contribution in [0.3, 0.4) is 0 Å². The lowest BCUT2D eigenvalue weighted by Crippen LogP contribution is -2.28. The summed E-state index contributed by atoms with van der Waals surface area (Å²) in [6.07, 6.45) is 6.99. The predicted molar refractivity (Wildman–Crippen MR) is 46.5 cm³/mol. The van der Waals surface area contributed by atoms with Gasteiger partial charge in [-0.25, -0.2) is 0 Å². The smallest absolute Gasteiger partial charge is 0.0588 e. The summed E-state index contributed by atoms with van der Waals surface area (Å²) in [4.78, 5) is 0. The molecule has 0 spiro atoms. The molecule has 0 radical (unpaired) electrons. The first-order chi connectivity index (χ1) is 5.36. The van der Waals surface area contributed by atoms with Crippen LogP contribution in [0.1, 0.15) is 39.0 Å². The largest absolute Gasteiger partial charge is 0.375 e. The van der Waals surface area contributed by atoms with Crippen molar-refractivity contribution in [1.82, 2.24) is 0 Å². The third-order valence-electron chi connectivity index (χ3n) is 2.38. The minimum atomic E-state index is 0.422. The molecule has 1 aliphatic rings. The van der Waals surface area contributed by atoms with Gasteiger partial charge in [-0.05, 0) is 38.6 Å². The molecule has 0 bridgehead atoms. The summed E-state index contributed by atoms with van der Waals surface area (Å²) in [6.45, 7) is 2.92. The van der Waals surface area contributed by atoms with E-state index in [4.69, 9.17) is 10.5 Å². The highest BCUT2D eigenvalue weighted by atomic mass is 16.5. The summed E-state index contributed by atoms with van der Waals surface area (Å²) >= 11 is 0. The molecule has 1 rings (SSSR count). The maximum atomic E-state index is 5.80. The molecule has 0 saturated heterocycles. The van der Waals surface area contributed by atoms with Crippen molar-refractivity contribution in [1.29, 1.82) is 0 Å². The zero-order chi connectivity index (χ0) is 8.10. The number of hydrogen-bond donors (Lipinski definition) is 1. The molecule has 2 nitrogen and oxygen atoms in total. The van der Waals surface area contributed by atoms with Gasteiger partial charge in [0.2, 0.25) is 0 Å². The zero-order valence-corrected chi connectivity index (χ0v) is 7.38. The van der Waals surface area contributed by atoms with Crippen LogP contribution in [0.25, 0.3) is 0 Å². The van der Waals surface area contributed by atoms with Gasteiger partial charge in [-0.3, -0.25) is 0 Å². The summed E-state index contributed by atoms with van der Waals surface area (Å²) in [5.41, 5.74) is 5.46. The highest BCUT2D eigenvalue weighted by molar-refractivity contribution is 4.71. The Morgan fingerprint density at radius 3 is 2.64 bits per heavy atom. The van der Waals surface area contributed by atoms with Gasteiger partial charge in [-0.2, -0.15) is 0 Å². The van der Waals surface area contributed by atoms with Gasteiger partial charge in [0, 0.05) is 0 Å². The van der Waals surface area contributed by atoms with Crippen molar-refractivity contribution < 1.29 is 4.74 Å². The van der Waals surface area contributed by atoms with Crippen LogP contribution in [0.2, 0.25) is 0 Å². The van der Waals surface area contributed by atoms with E-state index >= 15 is 0 Å². The Kier molecular flexibility index (Phi) is 3.87. The maximum Gasteiger partial charge on any atom is 0.0588 e. The second kappa shape index (κ2) is 4.73. The molecular weight excluding hydrogens is 138 g/mol. The van der Waals surface area contributed by atoms with Crippen molar-refractivity contribution in [3.8, 4) is 0 Å². The Morgan fingerprint density at radius 1 is 1.55 bits per heavy atom. The molecule has 0 aromatic carbocycles. The third-order valence-corrected chi connectivity index (χ3v) is 2.38.